The lowest BCUT2D eigenvalue weighted by Gasteiger charge is -2.14. The molecule has 2 aliphatic rings. The van der Waals surface area contributed by atoms with E-state index in [4.69, 9.17) is 9.47 Å². The van der Waals surface area contributed by atoms with Gasteiger partial charge in [-0.15, -0.1) is 0 Å². The molecule has 1 aromatic carbocycles. The Labute approximate surface area is 103 Å². The van der Waals surface area contributed by atoms with Crippen LogP contribution in [0.25, 0.3) is 0 Å². The summed E-state index contributed by atoms with van der Waals surface area (Å²) in [6.45, 7) is 0. The van der Waals surface area contributed by atoms with Crippen molar-refractivity contribution in [3.8, 4) is 11.5 Å². The molecule has 6 heteroatoms. The third kappa shape index (κ3) is 1.88. The minimum absolute atomic E-state index is 0.322. The highest BCUT2D eigenvalue weighted by atomic mass is 16.5. The molecule has 0 amide bonds. The number of hydrogen-bond donors (Lipinski definition) is 0. The topological polar surface area (TPSA) is 67.9 Å². The molecule has 18 heavy (non-hydrogen) atoms. The van der Waals surface area contributed by atoms with E-state index in [9.17, 15) is 0 Å². The predicted octanol–water partition coefficient (Wildman–Crippen LogP) is 1.32. The first-order chi connectivity index (χ1) is 8.86. The lowest BCUT2D eigenvalue weighted by Crippen LogP contribution is -2.32. The molecule has 0 saturated heterocycles. The van der Waals surface area contributed by atoms with Gasteiger partial charge in [0.15, 0.2) is 11.9 Å². The van der Waals surface area contributed by atoms with E-state index in [1.54, 1.807) is 7.11 Å². The molecule has 0 radical (unpaired) electrons. The number of nitrogens with zero attached hydrogens (tertiary/aromatic N) is 4. The predicted molar refractivity (Wildman–Crippen MR) is 69.3 cm³/mol. The van der Waals surface area contributed by atoms with Gasteiger partial charge in [-0.2, -0.15) is 0 Å². The fourth-order valence-corrected chi connectivity index (χ4v) is 1.64. The molecule has 0 fully saturated rings. The lowest BCUT2D eigenvalue weighted by atomic mass is 10.2. The second-order valence-electron chi connectivity index (χ2n) is 3.64. The molecule has 90 valence electrons. The molecule has 0 aromatic heterocycles. The summed E-state index contributed by atoms with van der Waals surface area (Å²) in [5.74, 6) is 2.53. The monoisotopic (exact) mass is 242 g/mol. The molecule has 0 aliphatic carbocycles. The summed E-state index contributed by atoms with van der Waals surface area (Å²) in [7, 11) is 1.62. The van der Waals surface area contributed by atoms with Gasteiger partial charge in [0.05, 0.1) is 7.11 Å². The van der Waals surface area contributed by atoms with Crippen LogP contribution in [0.3, 0.4) is 0 Å². The highest BCUT2D eigenvalue weighted by Crippen LogP contribution is 2.19. The summed E-state index contributed by atoms with van der Waals surface area (Å²) in [6.07, 6.45) is 2.89. The number of rotatable bonds is 2. The van der Waals surface area contributed by atoms with Crippen LogP contribution >= 0.6 is 0 Å². The maximum atomic E-state index is 5.68. The first kappa shape index (κ1) is 10.6. The lowest BCUT2D eigenvalue weighted by molar-refractivity contribution is 0.413. The molecule has 2 heterocycles. The molecule has 3 rings (SSSR count). The summed E-state index contributed by atoms with van der Waals surface area (Å²) in [6, 6.07) is 6.93. The summed E-state index contributed by atoms with van der Waals surface area (Å²) in [5.41, 5.74) is 0. The molecule has 1 unspecified atom stereocenters. The molecular formula is C12H10N4O2. The minimum Gasteiger partial charge on any atom is -0.497 e. The van der Waals surface area contributed by atoms with Gasteiger partial charge in [0.2, 0.25) is 5.90 Å². The molecule has 6 nitrogen and oxygen atoms in total. The van der Waals surface area contributed by atoms with Crippen molar-refractivity contribution in [2.45, 2.75) is 6.04 Å². The molecule has 1 atom stereocenters. The number of aliphatic imine (C=N–C) groups is 4. The number of benzene rings is 1. The molecule has 2 aliphatic heterocycles. The Balaban J connectivity index is 1.79. The van der Waals surface area contributed by atoms with Crippen LogP contribution in [-0.4, -0.2) is 37.6 Å². The van der Waals surface area contributed by atoms with Crippen LogP contribution in [0.1, 0.15) is 0 Å². The van der Waals surface area contributed by atoms with Crippen LogP contribution in [0.4, 0.5) is 0 Å². The number of fused-ring (bicyclic) bond motifs is 1. The van der Waals surface area contributed by atoms with Crippen LogP contribution in [0.2, 0.25) is 0 Å². The Hall–Kier alpha value is -2.50. The molecule has 0 bridgehead atoms. The first-order valence-electron chi connectivity index (χ1n) is 5.38. The Bertz CT molecular complexity index is 572. The highest BCUT2D eigenvalue weighted by Gasteiger charge is 2.28. The van der Waals surface area contributed by atoms with Crippen molar-refractivity contribution in [3.05, 3.63) is 24.3 Å². The van der Waals surface area contributed by atoms with Crippen LogP contribution in [-0.2, 0) is 0 Å². The summed E-state index contributed by atoms with van der Waals surface area (Å²) in [4.78, 5) is 16.3. The SMILES string of the molecule is COc1ccc(OC2=NC=NC3=NC=NC32)cc1. The average molecular weight is 242 g/mol. The van der Waals surface area contributed by atoms with Crippen molar-refractivity contribution in [2.75, 3.05) is 7.11 Å². The number of hydrogen-bond acceptors (Lipinski definition) is 6. The van der Waals surface area contributed by atoms with Crippen molar-refractivity contribution in [2.24, 2.45) is 20.0 Å². The number of methoxy groups -OCH3 is 1. The Morgan fingerprint density at radius 3 is 2.56 bits per heavy atom. The number of amidine groups is 1. The normalized spacial score (nSPS) is 20.2. The Morgan fingerprint density at radius 1 is 1.00 bits per heavy atom. The van der Waals surface area contributed by atoms with E-state index < -0.39 is 0 Å². The van der Waals surface area contributed by atoms with Crippen molar-refractivity contribution in [3.63, 3.8) is 0 Å². The van der Waals surface area contributed by atoms with E-state index in [2.05, 4.69) is 20.0 Å². The van der Waals surface area contributed by atoms with Crippen molar-refractivity contribution >= 4 is 24.4 Å². The van der Waals surface area contributed by atoms with Gasteiger partial charge in [-0.25, -0.2) is 15.0 Å². The standard InChI is InChI=1S/C12H10N4O2/c1-17-8-2-4-9(5-3-8)18-12-10-11(14-6-13-10)15-7-16-12/h2-7,10H,1H3. The maximum absolute atomic E-state index is 5.68. The van der Waals surface area contributed by atoms with Gasteiger partial charge in [0, 0.05) is 0 Å². The van der Waals surface area contributed by atoms with Crippen LogP contribution < -0.4 is 9.47 Å². The van der Waals surface area contributed by atoms with Crippen molar-refractivity contribution in [1.82, 2.24) is 0 Å². The van der Waals surface area contributed by atoms with Gasteiger partial charge in [0.1, 0.15) is 24.2 Å². The van der Waals surface area contributed by atoms with Gasteiger partial charge in [-0.05, 0) is 24.3 Å². The largest absolute Gasteiger partial charge is 0.497 e. The second-order valence-corrected chi connectivity index (χ2v) is 3.64. The Kier molecular flexibility index (Phi) is 2.60. The van der Waals surface area contributed by atoms with Gasteiger partial charge in [0.25, 0.3) is 0 Å². The van der Waals surface area contributed by atoms with Crippen LogP contribution in [0.15, 0.2) is 44.2 Å². The van der Waals surface area contributed by atoms with E-state index in [-0.39, 0.29) is 6.04 Å². The third-order valence-electron chi connectivity index (χ3n) is 2.54. The zero-order valence-electron chi connectivity index (χ0n) is 9.65. The molecule has 0 spiro atoms. The fraction of sp³-hybridized carbons (Fsp3) is 0.167. The van der Waals surface area contributed by atoms with E-state index in [1.807, 2.05) is 24.3 Å². The quantitative estimate of drug-likeness (QED) is 0.784. The molecule has 1 aromatic rings. The average Bonchev–Trinajstić information content (AvgIpc) is 2.89. The van der Waals surface area contributed by atoms with Crippen LogP contribution in [0, 0.1) is 0 Å². The summed E-state index contributed by atoms with van der Waals surface area (Å²) < 4.78 is 10.8. The van der Waals surface area contributed by atoms with E-state index in [0.717, 1.165) is 5.75 Å². The zero-order valence-corrected chi connectivity index (χ0v) is 9.65. The fourth-order valence-electron chi connectivity index (χ4n) is 1.64. The van der Waals surface area contributed by atoms with Gasteiger partial charge < -0.3 is 9.47 Å². The molecular weight excluding hydrogens is 232 g/mol. The number of ether oxygens (including phenoxy) is 2. The highest BCUT2D eigenvalue weighted by molar-refractivity contribution is 6.18. The molecule has 0 N–H and O–H groups in total. The second kappa shape index (κ2) is 4.40. The van der Waals surface area contributed by atoms with Crippen LogP contribution in [0.5, 0.6) is 11.5 Å². The van der Waals surface area contributed by atoms with E-state index in [1.165, 1.54) is 12.7 Å². The van der Waals surface area contributed by atoms with E-state index >= 15 is 0 Å². The van der Waals surface area contributed by atoms with Gasteiger partial charge in [-0.3, -0.25) is 4.99 Å². The first-order valence-corrected chi connectivity index (χ1v) is 5.38. The third-order valence-corrected chi connectivity index (χ3v) is 2.54. The summed E-state index contributed by atoms with van der Waals surface area (Å²) >= 11 is 0. The smallest absolute Gasteiger partial charge is 0.228 e. The molecule has 0 saturated carbocycles. The zero-order chi connectivity index (χ0) is 12.4. The van der Waals surface area contributed by atoms with Gasteiger partial charge >= 0.3 is 0 Å². The van der Waals surface area contributed by atoms with Gasteiger partial charge in [-0.1, -0.05) is 0 Å². The minimum atomic E-state index is -0.322. The Morgan fingerprint density at radius 2 is 1.78 bits per heavy atom. The van der Waals surface area contributed by atoms with Crippen molar-refractivity contribution < 1.29 is 9.47 Å². The summed E-state index contributed by atoms with van der Waals surface area (Å²) in [5, 5.41) is 0. The maximum Gasteiger partial charge on any atom is 0.228 e. The van der Waals surface area contributed by atoms with E-state index in [0.29, 0.717) is 17.5 Å². The van der Waals surface area contributed by atoms with Crippen molar-refractivity contribution in [1.29, 1.82) is 0 Å².